The van der Waals surface area contributed by atoms with Crippen LogP contribution in [0.25, 0.3) is 22.2 Å². The number of anilines is 1. The highest BCUT2D eigenvalue weighted by molar-refractivity contribution is 6.31. The third-order valence-corrected chi connectivity index (χ3v) is 6.85. The molecular formula is C26H28ClN5O2. The second-order valence-electron chi connectivity index (χ2n) is 9.15. The molecule has 34 heavy (non-hydrogen) atoms. The molecule has 1 unspecified atom stereocenters. The van der Waals surface area contributed by atoms with Gasteiger partial charge < -0.3 is 14.6 Å². The van der Waals surface area contributed by atoms with Crippen molar-refractivity contribution in [3.8, 4) is 11.1 Å². The van der Waals surface area contributed by atoms with E-state index in [9.17, 15) is 4.79 Å². The number of piperidine rings is 1. The summed E-state index contributed by atoms with van der Waals surface area (Å²) in [6.07, 6.45) is 5.80. The molecule has 1 amide bonds. The quantitative estimate of drug-likeness (QED) is 0.408. The van der Waals surface area contributed by atoms with Crippen LogP contribution in [0, 0.1) is 12.8 Å². The fourth-order valence-electron chi connectivity index (χ4n) is 4.78. The fourth-order valence-corrected chi connectivity index (χ4v) is 4.94. The minimum Gasteiger partial charge on any atom is -0.424 e. The first-order valence-electron chi connectivity index (χ1n) is 11.6. The van der Waals surface area contributed by atoms with E-state index in [4.69, 9.17) is 16.0 Å². The number of carbonyl (C=O) groups excluding carboxylic acids is 1. The third kappa shape index (κ3) is 4.40. The fraction of sp³-hybridized carbons (Fsp3) is 0.346. The molecule has 2 atom stereocenters. The molecule has 1 aliphatic rings. The lowest BCUT2D eigenvalue weighted by atomic mass is 9.89. The molecule has 0 spiro atoms. The summed E-state index contributed by atoms with van der Waals surface area (Å²) < 4.78 is 7.59. The van der Waals surface area contributed by atoms with Crippen molar-refractivity contribution >= 4 is 34.6 Å². The number of hydrogen-bond donors (Lipinski definition) is 1. The van der Waals surface area contributed by atoms with E-state index in [1.165, 1.54) is 0 Å². The number of aromatic nitrogens is 3. The van der Waals surface area contributed by atoms with Crippen LogP contribution in [-0.4, -0.2) is 44.7 Å². The maximum Gasteiger partial charge on any atom is 0.295 e. The normalized spacial score (nSPS) is 18.4. The highest BCUT2D eigenvalue weighted by Gasteiger charge is 2.33. The van der Waals surface area contributed by atoms with Crippen molar-refractivity contribution in [2.75, 3.05) is 18.4 Å². The van der Waals surface area contributed by atoms with E-state index in [0.29, 0.717) is 34.6 Å². The first kappa shape index (κ1) is 22.5. The number of hydrogen-bond acceptors (Lipinski definition) is 5. The molecule has 8 heteroatoms. The van der Waals surface area contributed by atoms with Gasteiger partial charge in [0.1, 0.15) is 5.52 Å². The molecule has 2 aromatic carbocycles. The van der Waals surface area contributed by atoms with E-state index in [-0.39, 0.29) is 11.9 Å². The highest BCUT2D eigenvalue weighted by Crippen LogP contribution is 2.30. The largest absolute Gasteiger partial charge is 0.424 e. The van der Waals surface area contributed by atoms with Crippen molar-refractivity contribution in [2.24, 2.45) is 13.0 Å². The van der Waals surface area contributed by atoms with Crippen molar-refractivity contribution < 1.29 is 9.21 Å². The zero-order chi connectivity index (χ0) is 23.8. The molecule has 1 saturated heterocycles. The van der Waals surface area contributed by atoms with Crippen LogP contribution in [0.2, 0.25) is 5.02 Å². The van der Waals surface area contributed by atoms with Crippen molar-refractivity contribution in [2.45, 2.75) is 32.7 Å². The lowest BCUT2D eigenvalue weighted by molar-refractivity contribution is 0.0540. The number of rotatable bonds is 5. The first-order chi connectivity index (χ1) is 16.4. The number of amides is 1. The SMILES string of the molecule is Cc1ccc(-c2cnn(C)c2)c(C(=O)N2CCC[C@@H](C)C2CNc2nc3ccc(Cl)cc3o2)c1. The Bertz CT molecular complexity index is 1340. The average Bonchev–Trinajstić information content (AvgIpc) is 3.43. The molecule has 1 N–H and O–H groups in total. The predicted molar refractivity (Wildman–Crippen MR) is 134 cm³/mol. The zero-order valence-electron chi connectivity index (χ0n) is 19.6. The van der Waals surface area contributed by atoms with Crippen LogP contribution in [0.4, 0.5) is 6.01 Å². The Morgan fingerprint density at radius 3 is 2.91 bits per heavy atom. The highest BCUT2D eigenvalue weighted by atomic mass is 35.5. The van der Waals surface area contributed by atoms with E-state index >= 15 is 0 Å². The van der Waals surface area contributed by atoms with Crippen LogP contribution in [-0.2, 0) is 7.05 Å². The number of fused-ring (bicyclic) bond motifs is 1. The van der Waals surface area contributed by atoms with Crippen LogP contribution in [0.5, 0.6) is 0 Å². The lowest BCUT2D eigenvalue weighted by Crippen LogP contribution is -2.51. The number of nitrogens with one attached hydrogen (secondary N) is 1. The Balaban J connectivity index is 1.41. The van der Waals surface area contributed by atoms with Crippen molar-refractivity contribution in [1.29, 1.82) is 0 Å². The number of oxazole rings is 1. The molecule has 0 radical (unpaired) electrons. The molecule has 0 saturated carbocycles. The minimum atomic E-state index is 0.0158. The van der Waals surface area contributed by atoms with Gasteiger partial charge in [0.2, 0.25) is 0 Å². The van der Waals surface area contributed by atoms with Gasteiger partial charge in [0.05, 0.1) is 12.2 Å². The summed E-state index contributed by atoms with van der Waals surface area (Å²) in [4.78, 5) is 20.4. The number of halogens is 1. The maximum atomic E-state index is 13.9. The maximum absolute atomic E-state index is 13.9. The molecule has 3 heterocycles. The topological polar surface area (TPSA) is 76.2 Å². The average molecular weight is 478 g/mol. The van der Waals surface area contributed by atoms with Gasteiger partial charge in [-0.05, 0) is 49.4 Å². The van der Waals surface area contributed by atoms with Gasteiger partial charge in [-0.25, -0.2) is 0 Å². The van der Waals surface area contributed by atoms with Crippen LogP contribution in [0.1, 0.15) is 35.7 Å². The van der Waals surface area contributed by atoms with Gasteiger partial charge in [-0.1, -0.05) is 36.2 Å². The number of aryl methyl sites for hydroxylation is 2. The number of benzene rings is 2. The Morgan fingerprint density at radius 2 is 2.12 bits per heavy atom. The molecule has 176 valence electrons. The second-order valence-corrected chi connectivity index (χ2v) is 9.59. The molecule has 0 aliphatic carbocycles. The first-order valence-corrected chi connectivity index (χ1v) is 12.0. The van der Waals surface area contributed by atoms with Gasteiger partial charge in [-0.2, -0.15) is 10.1 Å². The van der Waals surface area contributed by atoms with E-state index in [2.05, 4.69) is 22.3 Å². The molecule has 2 aromatic heterocycles. The predicted octanol–water partition coefficient (Wildman–Crippen LogP) is 5.54. The molecule has 5 rings (SSSR count). The zero-order valence-corrected chi connectivity index (χ0v) is 20.3. The Hall–Kier alpha value is -3.32. The van der Waals surface area contributed by atoms with E-state index in [1.807, 2.05) is 49.3 Å². The lowest BCUT2D eigenvalue weighted by Gasteiger charge is -2.40. The molecular weight excluding hydrogens is 450 g/mol. The van der Waals surface area contributed by atoms with Gasteiger partial charge in [0.15, 0.2) is 5.58 Å². The van der Waals surface area contributed by atoms with Crippen LogP contribution >= 0.6 is 11.6 Å². The van der Waals surface area contributed by atoms with E-state index in [1.54, 1.807) is 23.0 Å². The Morgan fingerprint density at radius 1 is 1.26 bits per heavy atom. The summed E-state index contributed by atoms with van der Waals surface area (Å²) in [6.45, 7) is 5.50. The van der Waals surface area contributed by atoms with Crippen molar-refractivity contribution in [1.82, 2.24) is 19.7 Å². The van der Waals surface area contributed by atoms with Gasteiger partial charge >= 0.3 is 0 Å². The van der Waals surface area contributed by atoms with Crippen LogP contribution < -0.4 is 5.32 Å². The monoisotopic (exact) mass is 477 g/mol. The van der Waals surface area contributed by atoms with Gasteiger partial charge in [-0.15, -0.1) is 0 Å². The van der Waals surface area contributed by atoms with Crippen LogP contribution in [0.15, 0.2) is 53.2 Å². The minimum absolute atomic E-state index is 0.0158. The summed E-state index contributed by atoms with van der Waals surface area (Å²) in [5.74, 6) is 0.390. The summed E-state index contributed by atoms with van der Waals surface area (Å²) >= 11 is 6.07. The third-order valence-electron chi connectivity index (χ3n) is 6.61. The van der Waals surface area contributed by atoms with E-state index in [0.717, 1.165) is 41.6 Å². The molecule has 1 aliphatic heterocycles. The van der Waals surface area contributed by atoms with Crippen LogP contribution in [0.3, 0.4) is 0 Å². The standard InChI is InChI=1S/C26H28ClN5O2/c1-16-6-8-20(18-13-29-31(3)15-18)21(11-16)25(33)32-10-4-5-17(2)23(32)14-28-26-30-22-9-7-19(27)12-24(22)34-26/h6-9,11-13,15,17,23H,4-5,10,14H2,1-3H3,(H,28,30)/t17-,23?/m1/s1. The summed E-state index contributed by atoms with van der Waals surface area (Å²) in [7, 11) is 1.88. The summed E-state index contributed by atoms with van der Waals surface area (Å²) in [5.41, 5.74) is 5.00. The molecule has 7 nitrogen and oxygen atoms in total. The molecule has 1 fully saturated rings. The van der Waals surface area contributed by atoms with Crippen molar-refractivity contribution in [3.63, 3.8) is 0 Å². The van der Waals surface area contributed by atoms with Gasteiger partial charge in [0, 0.05) is 48.5 Å². The smallest absolute Gasteiger partial charge is 0.295 e. The summed E-state index contributed by atoms with van der Waals surface area (Å²) in [6, 6.07) is 11.9. The number of nitrogens with zero attached hydrogens (tertiary/aromatic N) is 4. The number of carbonyl (C=O) groups is 1. The van der Waals surface area contributed by atoms with E-state index < -0.39 is 0 Å². The Labute approximate surface area is 203 Å². The number of likely N-dealkylation sites (tertiary alicyclic amines) is 1. The van der Waals surface area contributed by atoms with Crippen molar-refractivity contribution in [3.05, 3.63) is 64.9 Å². The van der Waals surface area contributed by atoms with Gasteiger partial charge in [-0.3, -0.25) is 9.48 Å². The second kappa shape index (κ2) is 9.14. The Kier molecular flexibility index (Phi) is 6.04. The van der Waals surface area contributed by atoms with Gasteiger partial charge in [0.25, 0.3) is 11.9 Å². The molecule has 0 bridgehead atoms. The molecule has 4 aromatic rings. The summed E-state index contributed by atoms with van der Waals surface area (Å²) in [5, 5.41) is 8.23.